The van der Waals surface area contributed by atoms with Crippen molar-refractivity contribution in [1.82, 2.24) is 19.7 Å². The summed E-state index contributed by atoms with van der Waals surface area (Å²) < 4.78 is 7.35. The van der Waals surface area contributed by atoms with Gasteiger partial charge in [0.2, 0.25) is 5.91 Å². The van der Waals surface area contributed by atoms with Gasteiger partial charge in [0.15, 0.2) is 11.0 Å². The Balaban J connectivity index is 1.53. The number of carbonyl (C=O) groups is 2. The fourth-order valence-electron chi connectivity index (χ4n) is 4.62. The van der Waals surface area contributed by atoms with Gasteiger partial charge in [-0.2, -0.15) is 0 Å². The minimum atomic E-state index is -0.483. The van der Waals surface area contributed by atoms with Gasteiger partial charge in [0.1, 0.15) is 6.04 Å². The number of carbonyl (C=O) groups excluding carboxylic acids is 2. The first-order valence-corrected chi connectivity index (χ1v) is 12.7. The number of aromatic nitrogens is 3. The summed E-state index contributed by atoms with van der Waals surface area (Å²) in [5, 5.41) is 10.3. The fraction of sp³-hybridized carbons (Fsp3) is 0.565. The second-order valence-corrected chi connectivity index (χ2v) is 9.58. The van der Waals surface area contributed by atoms with Gasteiger partial charge < -0.3 is 9.64 Å². The van der Waals surface area contributed by atoms with Crippen LogP contribution in [-0.4, -0.2) is 56.5 Å². The van der Waals surface area contributed by atoms with Crippen LogP contribution in [0.5, 0.6) is 0 Å². The Bertz CT molecular complexity index is 960. The first-order valence-electron chi connectivity index (χ1n) is 11.4. The summed E-state index contributed by atoms with van der Waals surface area (Å²) in [6.45, 7) is 2.69. The Morgan fingerprint density at radius 2 is 1.88 bits per heavy atom. The van der Waals surface area contributed by atoms with E-state index in [0.717, 1.165) is 42.2 Å². The molecule has 1 aromatic heterocycles. The summed E-state index contributed by atoms with van der Waals surface area (Å²) in [7, 11) is 0. The Labute approximate surface area is 197 Å². The van der Waals surface area contributed by atoms with Gasteiger partial charge in [0, 0.05) is 18.2 Å². The molecule has 1 atom stereocenters. The average Bonchev–Trinajstić information content (AvgIpc) is 3.47. The number of hydrogen-bond donors (Lipinski definition) is 0. The van der Waals surface area contributed by atoms with E-state index in [1.165, 1.54) is 24.6 Å². The number of thioether (sulfide) groups is 1. The molecule has 172 valence electrons. The summed E-state index contributed by atoms with van der Waals surface area (Å²) in [5.74, 6) is 0.594. The Morgan fingerprint density at radius 3 is 2.62 bits per heavy atom. The van der Waals surface area contributed by atoms with Gasteiger partial charge in [0.05, 0.1) is 17.4 Å². The average molecular weight is 477 g/mol. The van der Waals surface area contributed by atoms with E-state index < -0.39 is 6.04 Å². The van der Waals surface area contributed by atoms with Gasteiger partial charge >= 0.3 is 5.97 Å². The molecule has 0 spiro atoms. The number of esters is 1. The van der Waals surface area contributed by atoms with E-state index in [4.69, 9.17) is 16.3 Å². The van der Waals surface area contributed by atoms with E-state index in [1.807, 2.05) is 24.3 Å². The fourth-order valence-corrected chi connectivity index (χ4v) is 5.73. The first kappa shape index (κ1) is 23.1. The number of amides is 1. The highest BCUT2D eigenvalue weighted by Gasteiger charge is 2.33. The molecular weight excluding hydrogens is 448 g/mol. The molecule has 1 amide bonds. The Morgan fingerprint density at radius 1 is 1.12 bits per heavy atom. The van der Waals surface area contributed by atoms with Gasteiger partial charge in [-0.25, -0.2) is 4.79 Å². The van der Waals surface area contributed by atoms with E-state index in [9.17, 15) is 9.59 Å². The van der Waals surface area contributed by atoms with Crippen LogP contribution in [0, 0.1) is 0 Å². The van der Waals surface area contributed by atoms with Crippen molar-refractivity contribution in [2.24, 2.45) is 0 Å². The van der Waals surface area contributed by atoms with Gasteiger partial charge in [0.25, 0.3) is 0 Å². The van der Waals surface area contributed by atoms with Crippen LogP contribution < -0.4 is 0 Å². The minimum Gasteiger partial charge on any atom is -0.464 e. The maximum Gasteiger partial charge on any atom is 0.328 e. The number of halogens is 1. The lowest BCUT2D eigenvalue weighted by Gasteiger charge is -2.34. The molecule has 1 aliphatic carbocycles. The lowest BCUT2D eigenvalue weighted by atomic mass is 10.0. The Kier molecular flexibility index (Phi) is 7.73. The standard InChI is InChI=1S/C23H29ClN4O3S/c1-2-31-22(30)19-13-7-8-14-27(19)20(29)15-32-23-26-25-21(17-11-5-6-12-18(17)24)28(23)16-9-3-4-10-16/h5-6,11-12,16,19H,2-4,7-10,13-15H2,1H3. The molecule has 32 heavy (non-hydrogen) atoms. The molecule has 1 unspecified atom stereocenters. The van der Waals surface area contributed by atoms with Gasteiger partial charge in [-0.3, -0.25) is 9.36 Å². The molecule has 1 aromatic carbocycles. The van der Waals surface area contributed by atoms with Crippen molar-refractivity contribution in [1.29, 1.82) is 0 Å². The second-order valence-electron chi connectivity index (χ2n) is 8.23. The molecule has 1 saturated carbocycles. The van der Waals surface area contributed by atoms with Crippen molar-refractivity contribution in [3.05, 3.63) is 29.3 Å². The number of ether oxygens (including phenoxy) is 1. The maximum absolute atomic E-state index is 13.1. The lowest BCUT2D eigenvalue weighted by Crippen LogP contribution is -2.49. The number of piperidine rings is 1. The summed E-state index contributed by atoms with van der Waals surface area (Å²) in [6.07, 6.45) is 6.96. The number of hydrogen-bond acceptors (Lipinski definition) is 6. The molecular formula is C23H29ClN4O3S. The van der Waals surface area contributed by atoms with Gasteiger partial charge in [-0.1, -0.05) is 48.3 Å². The van der Waals surface area contributed by atoms with Crippen LogP contribution in [0.4, 0.5) is 0 Å². The molecule has 0 N–H and O–H groups in total. The largest absolute Gasteiger partial charge is 0.464 e. The van der Waals surface area contributed by atoms with Crippen molar-refractivity contribution in [3.63, 3.8) is 0 Å². The number of rotatable bonds is 7. The van der Waals surface area contributed by atoms with E-state index in [0.29, 0.717) is 30.6 Å². The molecule has 0 bridgehead atoms. The third kappa shape index (κ3) is 4.96. The van der Waals surface area contributed by atoms with Crippen molar-refractivity contribution in [3.8, 4) is 11.4 Å². The third-order valence-corrected chi connectivity index (χ3v) is 7.43. The lowest BCUT2D eigenvalue weighted by molar-refractivity contribution is -0.155. The first-order chi connectivity index (χ1) is 15.6. The quantitative estimate of drug-likeness (QED) is 0.424. The summed E-state index contributed by atoms with van der Waals surface area (Å²) in [4.78, 5) is 27.1. The van der Waals surface area contributed by atoms with Gasteiger partial charge in [-0.15, -0.1) is 10.2 Å². The molecule has 2 fully saturated rings. The van der Waals surface area contributed by atoms with Crippen LogP contribution in [0.3, 0.4) is 0 Å². The zero-order valence-corrected chi connectivity index (χ0v) is 19.9. The number of benzene rings is 1. The highest BCUT2D eigenvalue weighted by atomic mass is 35.5. The van der Waals surface area contributed by atoms with Crippen LogP contribution in [0.15, 0.2) is 29.4 Å². The number of likely N-dealkylation sites (tertiary alicyclic amines) is 1. The zero-order valence-electron chi connectivity index (χ0n) is 18.3. The normalized spacial score (nSPS) is 19.3. The number of nitrogens with zero attached hydrogens (tertiary/aromatic N) is 4. The van der Waals surface area contributed by atoms with Gasteiger partial charge in [-0.05, 0) is 51.2 Å². The molecule has 7 nitrogen and oxygen atoms in total. The topological polar surface area (TPSA) is 77.3 Å². The Hall–Kier alpha value is -2.06. The predicted molar refractivity (Wildman–Crippen MR) is 125 cm³/mol. The molecule has 2 heterocycles. The minimum absolute atomic E-state index is 0.0620. The summed E-state index contributed by atoms with van der Waals surface area (Å²) in [6, 6.07) is 7.47. The van der Waals surface area contributed by atoms with Crippen molar-refractivity contribution < 1.29 is 14.3 Å². The molecule has 1 aliphatic heterocycles. The molecule has 9 heteroatoms. The van der Waals surface area contributed by atoms with E-state index in [1.54, 1.807) is 11.8 Å². The monoisotopic (exact) mass is 476 g/mol. The summed E-state index contributed by atoms with van der Waals surface area (Å²) in [5.41, 5.74) is 0.852. The molecule has 1 saturated heterocycles. The van der Waals surface area contributed by atoms with Crippen LogP contribution in [0.1, 0.15) is 57.9 Å². The maximum atomic E-state index is 13.1. The van der Waals surface area contributed by atoms with E-state index >= 15 is 0 Å². The van der Waals surface area contributed by atoms with E-state index in [-0.39, 0.29) is 17.6 Å². The van der Waals surface area contributed by atoms with Crippen molar-refractivity contribution >= 4 is 35.2 Å². The molecule has 0 radical (unpaired) electrons. The third-order valence-electron chi connectivity index (χ3n) is 6.18. The second kappa shape index (κ2) is 10.7. The highest BCUT2D eigenvalue weighted by molar-refractivity contribution is 7.99. The van der Waals surface area contributed by atoms with Crippen molar-refractivity contribution in [2.75, 3.05) is 18.9 Å². The molecule has 2 aliphatic rings. The molecule has 4 rings (SSSR count). The summed E-state index contributed by atoms with van der Waals surface area (Å²) >= 11 is 7.84. The van der Waals surface area contributed by atoms with Crippen LogP contribution in [-0.2, 0) is 14.3 Å². The van der Waals surface area contributed by atoms with Crippen molar-refractivity contribution in [2.45, 2.75) is 69.1 Å². The predicted octanol–water partition coefficient (Wildman–Crippen LogP) is 4.75. The zero-order chi connectivity index (χ0) is 22.5. The van der Waals surface area contributed by atoms with E-state index in [2.05, 4.69) is 14.8 Å². The molecule has 2 aromatic rings. The SMILES string of the molecule is CCOC(=O)C1CCCCN1C(=O)CSc1nnc(-c2ccccc2Cl)n1C1CCCC1. The van der Waals surface area contributed by atoms with Crippen LogP contribution in [0.25, 0.3) is 11.4 Å². The smallest absolute Gasteiger partial charge is 0.328 e. The van der Waals surface area contributed by atoms with Crippen LogP contribution in [0.2, 0.25) is 5.02 Å². The van der Waals surface area contributed by atoms with Crippen LogP contribution >= 0.6 is 23.4 Å². The highest BCUT2D eigenvalue weighted by Crippen LogP contribution is 2.38.